The molecule has 0 saturated carbocycles. The van der Waals surface area contributed by atoms with Crippen molar-refractivity contribution in [3.05, 3.63) is 59.1 Å². The number of phenolic OH excluding ortho intramolecular Hbond substituents is 1. The first-order valence-corrected chi connectivity index (χ1v) is 6.44. The summed E-state index contributed by atoms with van der Waals surface area (Å²) in [6.45, 7) is -0.459. The van der Waals surface area contributed by atoms with Gasteiger partial charge in [-0.05, 0) is 30.3 Å². The number of anilines is 1. The molecule has 0 saturated heterocycles. The van der Waals surface area contributed by atoms with Crippen LogP contribution in [0.1, 0.15) is 10.4 Å². The molecular weight excluding hydrogens is 294 g/mol. The number of hydrogen-bond donors (Lipinski definition) is 2. The van der Waals surface area contributed by atoms with Crippen LogP contribution in [-0.2, 0) is 9.53 Å². The number of amides is 1. The molecule has 0 unspecified atom stereocenters. The van der Waals surface area contributed by atoms with Crippen molar-refractivity contribution in [1.82, 2.24) is 0 Å². The van der Waals surface area contributed by atoms with Crippen LogP contribution in [0.2, 0.25) is 5.02 Å². The zero-order valence-electron chi connectivity index (χ0n) is 10.9. The Balaban J connectivity index is 1.90. The lowest BCUT2D eigenvalue weighted by Crippen LogP contribution is -2.20. The number of esters is 1. The number of halogens is 1. The summed E-state index contributed by atoms with van der Waals surface area (Å²) in [6.07, 6.45) is 0. The van der Waals surface area contributed by atoms with Crippen LogP contribution in [-0.4, -0.2) is 23.6 Å². The Labute approximate surface area is 126 Å². The lowest BCUT2D eigenvalue weighted by atomic mass is 10.2. The molecule has 2 N–H and O–H groups in total. The van der Waals surface area contributed by atoms with Crippen LogP contribution in [0.25, 0.3) is 0 Å². The smallest absolute Gasteiger partial charge is 0.342 e. The summed E-state index contributed by atoms with van der Waals surface area (Å²) in [6, 6.07) is 12.5. The largest absolute Gasteiger partial charge is 0.507 e. The van der Waals surface area contributed by atoms with Crippen LogP contribution in [0, 0.1) is 0 Å². The summed E-state index contributed by atoms with van der Waals surface area (Å²) in [5.41, 5.74) is 0.513. The van der Waals surface area contributed by atoms with Crippen molar-refractivity contribution < 1.29 is 19.4 Å². The van der Waals surface area contributed by atoms with Gasteiger partial charge < -0.3 is 15.2 Å². The van der Waals surface area contributed by atoms with E-state index in [1.165, 1.54) is 12.1 Å². The third-order valence-electron chi connectivity index (χ3n) is 2.57. The van der Waals surface area contributed by atoms with Crippen molar-refractivity contribution >= 4 is 29.2 Å². The Morgan fingerprint density at radius 2 is 1.90 bits per heavy atom. The van der Waals surface area contributed by atoms with Gasteiger partial charge >= 0.3 is 5.97 Å². The molecular formula is C15H12ClNO4. The van der Waals surface area contributed by atoms with E-state index in [1.807, 2.05) is 0 Å². The minimum Gasteiger partial charge on any atom is -0.507 e. The van der Waals surface area contributed by atoms with Gasteiger partial charge in [-0.2, -0.15) is 0 Å². The number of nitrogens with one attached hydrogen (secondary N) is 1. The number of benzene rings is 2. The molecule has 0 aromatic heterocycles. The van der Waals surface area contributed by atoms with Crippen LogP contribution < -0.4 is 5.32 Å². The van der Waals surface area contributed by atoms with Gasteiger partial charge in [-0.1, -0.05) is 29.8 Å². The minimum atomic E-state index is -0.769. The molecule has 0 heterocycles. The molecule has 2 aromatic rings. The predicted octanol–water partition coefficient (Wildman–Crippen LogP) is 2.84. The fourth-order valence-electron chi connectivity index (χ4n) is 1.62. The van der Waals surface area contributed by atoms with E-state index in [4.69, 9.17) is 16.3 Å². The zero-order chi connectivity index (χ0) is 15.2. The standard InChI is InChI=1S/C15H12ClNO4/c16-10-4-3-5-11(8-10)17-14(19)9-21-15(20)12-6-1-2-7-13(12)18/h1-8,18H,9H2,(H,17,19). The number of para-hydroxylation sites is 1. The molecule has 0 bridgehead atoms. The Morgan fingerprint density at radius 3 is 2.62 bits per heavy atom. The van der Waals surface area contributed by atoms with E-state index in [9.17, 15) is 14.7 Å². The number of ether oxygens (including phenoxy) is 1. The van der Waals surface area contributed by atoms with Crippen molar-refractivity contribution in [2.24, 2.45) is 0 Å². The second kappa shape index (κ2) is 6.76. The van der Waals surface area contributed by atoms with Gasteiger partial charge in [0.15, 0.2) is 6.61 Å². The maximum Gasteiger partial charge on any atom is 0.342 e. The number of phenols is 1. The van der Waals surface area contributed by atoms with E-state index in [0.717, 1.165) is 0 Å². The van der Waals surface area contributed by atoms with E-state index >= 15 is 0 Å². The quantitative estimate of drug-likeness (QED) is 0.852. The third-order valence-corrected chi connectivity index (χ3v) is 2.80. The number of carbonyl (C=O) groups is 2. The molecule has 0 atom stereocenters. The van der Waals surface area contributed by atoms with E-state index in [1.54, 1.807) is 36.4 Å². The summed E-state index contributed by atoms with van der Waals surface area (Å²) in [5, 5.41) is 12.5. The third kappa shape index (κ3) is 4.22. The monoisotopic (exact) mass is 305 g/mol. The highest BCUT2D eigenvalue weighted by Gasteiger charge is 2.13. The Bertz CT molecular complexity index is 672. The highest BCUT2D eigenvalue weighted by Crippen LogP contribution is 2.17. The molecule has 2 rings (SSSR count). The van der Waals surface area contributed by atoms with Gasteiger partial charge in [0.1, 0.15) is 11.3 Å². The first-order valence-electron chi connectivity index (χ1n) is 6.07. The van der Waals surface area contributed by atoms with Crippen molar-refractivity contribution in [2.75, 3.05) is 11.9 Å². The van der Waals surface area contributed by atoms with Gasteiger partial charge in [0.25, 0.3) is 5.91 Å². The second-order valence-corrected chi connectivity index (χ2v) is 4.59. The fourth-order valence-corrected chi connectivity index (χ4v) is 1.81. The lowest BCUT2D eigenvalue weighted by molar-refractivity contribution is -0.119. The number of aromatic hydroxyl groups is 1. The SMILES string of the molecule is O=C(COC(=O)c1ccccc1O)Nc1cccc(Cl)c1. The van der Waals surface area contributed by atoms with E-state index < -0.39 is 18.5 Å². The molecule has 0 aliphatic heterocycles. The van der Waals surface area contributed by atoms with Crippen LogP contribution in [0.3, 0.4) is 0 Å². The summed E-state index contributed by atoms with van der Waals surface area (Å²) in [5.74, 6) is -1.46. The van der Waals surface area contributed by atoms with Crippen LogP contribution in [0.15, 0.2) is 48.5 Å². The molecule has 108 valence electrons. The lowest BCUT2D eigenvalue weighted by Gasteiger charge is -2.07. The highest BCUT2D eigenvalue weighted by molar-refractivity contribution is 6.30. The molecule has 0 fully saturated rings. The van der Waals surface area contributed by atoms with E-state index in [2.05, 4.69) is 5.32 Å². The molecule has 0 spiro atoms. The maximum atomic E-state index is 11.7. The molecule has 6 heteroatoms. The van der Waals surface area contributed by atoms with Gasteiger partial charge in [0.05, 0.1) is 0 Å². The Kier molecular flexibility index (Phi) is 4.79. The van der Waals surface area contributed by atoms with Crippen LogP contribution in [0.5, 0.6) is 5.75 Å². The van der Waals surface area contributed by atoms with Gasteiger partial charge in [-0.25, -0.2) is 4.79 Å². The van der Waals surface area contributed by atoms with E-state index in [0.29, 0.717) is 10.7 Å². The summed E-state index contributed by atoms with van der Waals surface area (Å²) in [7, 11) is 0. The van der Waals surface area contributed by atoms with Gasteiger partial charge in [-0.15, -0.1) is 0 Å². The molecule has 21 heavy (non-hydrogen) atoms. The van der Waals surface area contributed by atoms with Crippen molar-refractivity contribution in [2.45, 2.75) is 0 Å². The number of hydrogen-bond acceptors (Lipinski definition) is 4. The zero-order valence-corrected chi connectivity index (χ0v) is 11.6. The summed E-state index contributed by atoms with van der Waals surface area (Å²) in [4.78, 5) is 23.3. The van der Waals surface area contributed by atoms with Crippen molar-refractivity contribution in [1.29, 1.82) is 0 Å². The highest BCUT2D eigenvalue weighted by atomic mass is 35.5. The molecule has 5 nitrogen and oxygen atoms in total. The fraction of sp³-hybridized carbons (Fsp3) is 0.0667. The van der Waals surface area contributed by atoms with Crippen molar-refractivity contribution in [3.63, 3.8) is 0 Å². The first kappa shape index (κ1) is 14.9. The van der Waals surface area contributed by atoms with Crippen LogP contribution in [0.4, 0.5) is 5.69 Å². The molecule has 1 amide bonds. The molecule has 2 aromatic carbocycles. The normalized spacial score (nSPS) is 9.95. The summed E-state index contributed by atoms with van der Waals surface area (Å²) < 4.78 is 4.83. The number of carbonyl (C=O) groups excluding carboxylic acids is 2. The Morgan fingerprint density at radius 1 is 1.14 bits per heavy atom. The Hall–Kier alpha value is -2.53. The van der Waals surface area contributed by atoms with Gasteiger partial charge in [0.2, 0.25) is 0 Å². The summed E-state index contributed by atoms with van der Waals surface area (Å²) >= 11 is 5.79. The topological polar surface area (TPSA) is 75.6 Å². The van der Waals surface area contributed by atoms with Crippen LogP contribution >= 0.6 is 11.6 Å². The number of rotatable bonds is 4. The van der Waals surface area contributed by atoms with Gasteiger partial charge in [-0.3, -0.25) is 4.79 Å². The minimum absolute atomic E-state index is 0.00746. The second-order valence-electron chi connectivity index (χ2n) is 4.15. The average Bonchev–Trinajstić information content (AvgIpc) is 2.45. The average molecular weight is 306 g/mol. The van der Waals surface area contributed by atoms with Crippen molar-refractivity contribution in [3.8, 4) is 5.75 Å². The first-order chi connectivity index (χ1) is 10.1. The predicted molar refractivity (Wildman–Crippen MR) is 78.5 cm³/mol. The van der Waals surface area contributed by atoms with E-state index in [-0.39, 0.29) is 11.3 Å². The maximum absolute atomic E-state index is 11.7. The van der Waals surface area contributed by atoms with Gasteiger partial charge in [0, 0.05) is 10.7 Å². The molecule has 0 aliphatic rings. The molecule has 0 radical (unpaired) electrons. The molecule has 0 aliphatic carbocycles.